The van der Waals surface area contributed by atoms with E-state index in [1.54, 1.807) is 7.05 Å². The summed E-state index contributed by atoms with van der Waals surface area (Å²) in [4.78, 5) is 4.29. The van der Waals surface area contributed by atoms with Crippen molar-refractivity contribution >= 4 is 29.9 Å². The molecule has 2 rings (SSSR count). The molecule has 1 unspecified atom stereocenters. The Hall–Kier alpha value is -1.06. The number of nitrogens with one attached hydrogen (secondary N) is 2. The van der Waals surface area contributed by atoms with Crippen molar-refractivity contribution in [3.8, 4) is 5.75 Å². The van der Waals surface area contributed by atoms with Gasteiger partial charge in [-0.05, 0) is 45.2 Å². The van der Waals surface area contributed by atoms with Gasteiger partial charge in [-0.3, -0.25) is 4.99 Å². The van der Waals surface area contributed by atoms with Gasteiger partial charge < -0.3 is 24.8 Å². The minimum absolute atomic E-state index is 0. The van der Waals surface area contributed by atoms with E-state index in [4.69, 9.17) is 14.2 Å². The van der Waals surface area contributed by atoms with Crippen LogP contribution in [-0.2, 0) is 16.0 Å². The molecule has 0 bridgehead atoms. The van der Waals surface area contributed by atoms with Crippen LogP contribution in [0.15, 0.2) is 23.2 Å². The first-order chi connectivity index (χ1) is 13.1. The minimum atomic E-state index is 0. The standard InChI is InChI=1S/C21H35N3O3.HI/c1-16(2)27-20-12-17(3)6-7-19(20)13-24-21(22-4)23-9-5-10-25-14-18-8-11-26-15-18;/h6-7,12,16,18H,5,8-11,13-15H2,1-4H3,(H2,22,23,24);1H. The summed E-state index contributed by atoms with van der Waals surface area (Å²) in [5, 5.41) is 6.69. The Morgan fingerprint density at radius 3 is 2.82 bits per heavy atom. The Morgan fingerprint density at radius 2 is 2.14 bits per heavy atom. The highest BCUT2D eigenvalue weighted by Gasteiger charge is 2.15. The van der Waals surface area contributed by atoms with Crippen molar-refractivity contribution in [1.82, 2.24) is 10.6 Å². The third-order valence-corrected chi connectivity index (χ3v) is 4.39. The van der Waals surface area contributed by atoms with Crippen molar-refractivity contribution < 1.29 is 14.2 Å². The number of benzene rings is 1. The van der Waals surface area contributed by atoms with E-state index in [9.17, 15) is 0 Å². The highest BCUT2D eigenvalue weighted by Crippen LogP contribution is 2.21. The Bertz CT molecular complexity index is 590. The van der Waals surface area contributed by atoms with E-state index < -0.39 is 0 Å². The molecular formula is C21H36IN3O3. The molecule has 1 aromatic carbocycles. The average Bonchev–Trinajstić information content (AvgIpc) is 3.14. The van der Waals surface area contributed by atoms with Crippen LogP contribution in [0.5, 0.6) is 5.75 Å². The summed E-state index contributed by atoms with van der Waals surface area (Å²) in [6.45, 7) is 10.9. The number of ether oxygens (including phenoxy) is 3. The smallest absolute Gasteiger partial charge is 0.191 e. The maximum Gasteiger partial charge on any atom is 0.191 e. The summed E-state index contributed by atoms with van der Waals surface area (Å²) < 4.78 is 17.0. The second-order valence-corrected chi connectivity index (χ2v) is 7.29. The van der Waals surface area contributed by atoms with Crippen LogP contribution in [0, 0.1) is 12.8 Å². The maximum atomic E-state index is 5.93. The van der Waals surface area contributed by atoms with Gasteiger partial charge in [-0.15, -0.1) is 24.0 Å². The van der Waals surface area contributed by atoms with Crippen LogP contribution in [0.3, 0.4) is 0 Å². The first-order valence-corrected chi connectivity index (χ1v) is 9.94. The topological polar surface area (TPSA) is 64.1 Å². The molecule has 7 heteroatoms. The van der Waals surface area contributed by atoms with Gasteiger partial charge in [-0.25, -0.2) is 0 Å². The number of rotatable bonds is 10. The predicted octanol–water partition coefficient (Wildman–Crippen LogP) is 3.51. The molecule has 1 atom stereocenters. The number of nitrogens with zero attached hydrogens (tertiary/aromatic N) is 1. The second-order valence-electron chi connectivity index (χ2n) is 7.29. The molecule has 160 valence electrons. The van der Waals surface area contributed by atoms with Crippen LogP contribution >= 0.6 is 24.0 Å². The predicted molar refractivity (Wildman–Crippen MR) is 125 cm³/mol. The van der Waals surface area contributed by atoms with Gasteiger partial charge >= 0.3 is 0 Å². The molecule has 0 spiro atoms. The molecule has 1 saturated heterocycles. The third kappa shape index (κ3) is 9.43. The van der Waals surface area contributed by atoms with E-state index in [0.29, 0.717) is 12.5 Å². The number of halogens is 1. The van der Waals surface area contributed by atoms with Gasteiger partial charge in [-0.1, -0.05) is 12.1 Å². The van der Waals surface area contributed by atoms with Gasteiger partial charge in [0.15, 0.2) is 5.96 Å². The molecule has 0 amide bonds. The van der Waals surface area contributed by atoms with E-state index in [2.05, 4.69) is 40.7 Å². The fourth-order valence-corrected chi connectivity index (χ4v) is 2.92. The zero-order valence-corrected chi connectivity index (χ0v) is 20.0. The molecule has 6 nitrogen and oxygen atoms in total. The van der Waals surface area contributed by atoms with Crippen LogP contribution in [0.2, 0.25) is 0 Å². The number of aryl methyl sites for hydroxylation is 1. The fourth-order valence-electron chi connectivity index (χ4n) is 2.92. The molecule has 2 N–H and O–H groups in total. The van der Waals surface area contributed by atoms with Crippen LogP contribution in [-0.4, -0.2) is 52.1 Å². The summed E-state index contributed by atoms with van der Waals surface area (Å²) >= 11 is 0. The Balaban J connectivity index is 0.00000392. The van der Waals surface area contributed by atoms with Gasteiger partial charge in [0.1, 0.15) is 5.75 Å². The molecule has 1 heterocycles. The van der Waals surface area contributed by atoms with Gasteiger partial charge in [0.05, 0.1) is 19.3 Å². The summed E-state index contributed by atoms with van der Waals surface area (Å²) in [6, 6.07) is 6.29. The maximum absolute atomic E-state index is 5.93. The molecule has 0 aromatic heterocycles. The van der Waals surface area contributed by atoms with Gasteiger partial charge in [0.2, 0.25) is 0 Å². The lowest BCUT2D eigenvalue weighted by Gasteiger charge is -2.17. The zero-order chi connectivity index (χ0) is 19.5. The zero-order valence-electron chi connectivity index (χ0n) is 17.6. The number of hydrogen-bond acceptors (Lipinski definition) is 4. The van der Waals surface area contributed by atoms with E-state index in [-0.39, 0.29) is 30.1 Å². The Morgan fingerprint density at radius 1 is 1.32 bits per heavy atom. The van der Waals surface area contributed by atoms with Crippen molar-refractivity contribution in [3.63, 3.8) is 0 Å². The first-order valence-electron chi connectivity index (χ1n) is 9.94. The highest BCUT2D eigenvalue weighted by molar-refractivity contribution is 14.0. The number of hydrogen-bond donors (Lipinski definition) is 2. The average molecular weight is 505 g/mol. The van der Waals surface area contributed by atoms with E-state index in [1.807, 2.05) is 13.8 Å². The quantitative estimate of drug-likeness (QED) is 0.221. The summed E-state index contributed by atoms with van der Waals surface area (Å²) in [7, 11) is 1.78. The molecule has 1 fully saturated rings. The van der Waals surface area contributed by atoms with Crippen molar-refractivity contribution in [2.24, 2.45) is 10.9 Å². The minimum Gasteiger partial charge on any atom is -0.491 e. The molecule has 0 radical (unpaired) electrons. The highest BCUT2D eigenvalue weighted by atomic mass is 127. The molecular weight excluding hydrogens is 469 g/mol. The van der Waals surface area contributed by atoms with Crippen LogP contribution < -0.4 is 15.4 Å². The molecule has 1 aliphatic rings. The second kappa shape index (κ2) is 14.0. The Kier molecular flexibility index (Phi) is 12.5. The largest absolute Gasteiger partial charge is 0.491 e. The van der Waals surface area contributed by atoms with Gasteiger partial charge in [0, 0.05) is 44.8 Å². The lowest BCUT2D eigenvalue weighted by molar-refractivity contribution is 0.0888. The van der Waals surface area contributed by atoms with Crippen molar-refractivity contribution in [2.75, 3.05) is 40.0 Å². The van der Waals surface area contributed by atoms with Gasteiger partial charge in [0.25, 0.3) is 0 Å². The van der Waals surface area contributed by atoms with Crippen molar-refractivity contribution in [2.45, 2.75) is 46.3 Å². The molecule has 28 heavy (non-hydrogen) atoms. The number of guanidine groups is 1. The molecule has 0 aliphatic carbocycles. The monoisotopic (exact) mass is 505 g/mol. The van der Waals surface area contributed by atoms with Crippen molar-refractivity contribution in [3.05, 3.63) is 29.3 Å². The third-order valence-electron chi connectivity index (χ3n) is 4.39. The fraction of sp³-hybridized carbons (Fsp3) is 0.667. The summed E-state index contributed by atoms with van der Waals surface area (Å²) in [5.74, 6) is 2.29. The lowest BCUT2D eigenvalue weighted by Crippen LogP contribution is -2.37. The van der Waals surface area contributed by atoms with E-state index in [0.717, 1.165) is 63.1 Å². The van der Waals surface area contributed by atoms with E-state index >= 15 is 0 Å². The molecule has 1 aromatic rings. The SMILES string of the molecule is CN=C(NCCCOCC1CCOC1)NCc1ccc(C)cc1OC(C)C.I. The normalized spacial score (nSPS) is 16.8. The van der Waals surface area contributed by atoms with Crippen LogP contribution in [0.25, 0.3) is 0 Å². The van der Waals surface area contributed by atoms with E-state index in [1.165, 1.54) is 5.56 Å². The number of aliphatic imine (C=N–C) groups is 1. The lowest BCUT2D eigenvalue weighted by atomic mass is 10.1. The van der Waals surface area contributed by atoms with Crippen LogP contribution in [0.4, 0.5) is 0 Å². The van der Waals surface area contributed by atoms with Crippen molar-refractivity contribution in [1.29, 1.82) is 0 Å². The van der Waals surface area contributed by atoms with Crippen LogP contribution in [0.1, 0.15) is 37.8 Å². The summed E-state index contributed by atoms with van der Waals surface area (Å²) in [6.07, 6.45) is 2.22. The molecule has 0 saturated carbocycles. The summed E-state index contributed by atoms with van der Waals surface area (Å²) in [5.41, 5.74) is 2.32. The first kappa shape index (κ1) is 25.0. The van der Waals surface area contributed by atoms with Gasteiger partial charge in [-0.2, -0.15) is 0 Å². The Labute approximate surface area is 186 Å². The molecule has 1 aliphatic heterocycles.